The normalized spacial score (nSPS) is 10.6. The van der Waals surface area contributed by atoms with Gasteiger partial charge in [0, 0.05) is 30.8 Å². The second-order valence-electron chi connectivity index (χ2n) is 3.90. The number of carbonyl (C=O) groups is 1. The Morgan fingerprint density at radius 1 is 1.41 bits per heavy atom. The fourth-order valence-corrected chi connectivity index (χ4v) is 2.18. The van der Waals surface area contributed by atoms with Crippen molar-refractivity contribution in [3.63, 3.8) is 0 Å². The molecule has 0 saturated carbocycles. The van der Waals surface area contributed by atoms with Gasteiger partial charge >= 0.3 is 0 Å². The van der Waals surface area contributed by atoms with Gasteiger partial charge in [-0.25, -0.2) is 0 Å². The molecule has 2 heterocycles. The quantitative estimate of drug-likeness (QED) is 0.922. The van der Waals surface area contributed by atoms with Crippen LogP contribution in [0, 0.1) is 6.92 Å². The van der Waals surface area contributed by atoms with Crippen LogP contribution < -0.4 is 5.32 Å². The second kappa shape index (κ2) is 4.37. The van der Waals surface area contributed by atoms with E-state index in [0.717, 1.165) is 10.2 Å². The highest BCUT2D eigenvalue weighted by Gasteiger charge is 2.13. The maximum absolute atomic E-state index is 12.0. The van der Waals surface area contributed by atoms with Crippen LogP contribution in [0.3, 0.4) is 0 Å². The van der Waals surface area contributed by atoms with Crippen molar-refractivity contribution in [2.75, 3.05) is 5.32 Å². The van der Waals surface area contributed by atoms with E-state index in [4.69, 9.17) is 0 Å². The van der Waals surface area contributed by atoms with Gasteiger partial charge in [0.2, 0.25) is 0 Å². The topological polar surface area (TPSA) is 51.9 Å². The molecule has 0 aliphatic carbocycles. The van der Waals surface area contributed by atoms with E-state index in [1.54, 1.807) is 22.4 Å². The number of amides is 1. The molecule has 6 heteroatoms. The van der Waals surface area contributed by atoms with Crippen molar-refractivity contribution >= 4 is 27.7 Å². The molecule has 0 atom stereocenters. The number of aromatic nitrogens is 3. The van der Waals surface area contributed by atoms with Gasteiger partial charge in [-0.15, -0.1) is 0 Å². The van der Waals surface area contributed by atoms with Gasteiger partial charge in [0.1, 0.15) is 11.5 Å². The fraction of sp³-hybridized carbons (Fsp3) is 0.273. The van der Waals surface area contributed by atoms with Gasteiger partial charge in [-0.05, 0) is 28.9 Å². The molecule has 0 saturated heterocycles. The molecule has 0 bridgehead atoms. The van der Waals surface area contributed by atoms with E-state index in [9.17, 15) is 4.79 Å². The molecule has 2 aromatic heterocycles. The minimum atomic E-state index is -0.152. The Bertz CT molecular complexity index is 570. The molecule has 17 heavy (non-hydrogen) atoms. The highest BCUT2D eigenvalue weighted by Crippen LogP contribution is 2.15. The van der Waals surface area contributed by atoms with Gasteiger partial charge in [-0.3, -0.25) is 9.48 Å². The number of hydrogen-bond acceptors (Lipinski definition) is 2. The molecule has 0 spiro atoms. The van der Waals surface area contributed by atoms with E-state index in [1.165, 1.54) is 0 Å². The molecule has 0 unspecified atom stereocenters. The molecule has 0 fully saturated rings. The number of nitrogens with one attached hydrogen (secondary N) is 1. The van der Waals surface area contributed by atoms with Gasteiger partial charge in [-0.1, -0.05) is 0 Å². The van der Waals surface area contributed by atoms with Gasteiger partial charge in [0.05, 0.1) is 5.69 Å². The Labute approximate surface area is 108 Å². The van der Waals surface area contributed by atoms with Crippen molar-refractivity contribution in [1.82, 2.24) is 14.3 Å². The smallest absolute Gasteiger partial charge is 0.273 e. The summed E-state index contributed by atoms with van der Waals surface area (Å²) >= 11 is 3.34. The SMILES string of the molecule is Cc1cc(NC(=O)c2cc(Br)cn2C)n(C)n1. The molecule has 90 valence electrons. The lowest BCUT2D eigenvalue weighted by Crippen LogP contribution is -2.17. The monoisotopic (exact) mass is 296 g/mol. The maximum atomic E-state index is 12.0. The number of carbonyl (C=O) groups excluding carboxylic acids is 1. The Kier molecular flexibility index (Phi) is 3.06. The van der Waals surface area contributed by atoms with E-state index >= 15 is 0 Å². The second-order valence-corrected chi connectivity index (χ2v) is 4.82. The van der Waals surface area contributed by atoms with E-state index in [2.05, 4.69) is 26.3 Å². The summed E-state index contributed by atoms with van der Waals surface area (Å²) in [6, 6.07) is 3.61. The number of hydrogen-bond donors (Lipinski definition) is 1. The maximum Gasteiger partial charge on any atom is 0.273 e. The molecule has 1 N–H and O–H groups in total. The molecule has 1 amide bonds. The molecule has 0 radical (unpaired) electrons. The van der Waals surface area contributed by atoms with E-state index in [-0.39, 0.29) is 5.91 Å². The van der Waals surface area contributed by atoms with Crippen LogP contribution in [0.25, 0.3) is 0 Å². The van der Waals surface area contributed by atoms with Crippen LogP contribution in [0.5, 0.6) is 0 Å². The molecule has 2 rings (SSSR count). The standard InChI is InChI=1S/C11H13BrN4O/c1-7-4-10(16(3)14-7)13-11(17)9-5-8(12)6-15(9)2/h4-6H,1-3H3,(H,13,17). The van der Waals surface area contributed by atoms with Gasteiger partial charge in [0.15, 0.2) is 0 Å². The van der Waals surface area contributed by atoms with Crippen LogP contribution in [0.15, 0.2) is 22.8 Å². The summed E-state index contributed by atoms with van der Waals surface area (Å²) in [7, 11) is 3.62. The Hall–Kier alpha value is -1.56. The van der Waals surface area contributed by atoms with E-state index in [0.29, 0.717) is 11.5 Å². The fourth-order valence-electron chi connectivity index (χ4n) is 1.66. The van der Waals surface area contributed by atoms with E-state index < -0.39 is 0 Å². The van der Waals surface area contributed by atoms with Gasteiger partial charge in [-0.2, -0.15) is 5.10 Å². The van der Waals surface area contributed by atoms with Crippen molar-refractivity contribution in [3.8, 4) is 0 Å². The van der Waals surface area contributed by atoms with Crippen LogP contribution in [0.4, 0.5) is 5.82 Å². The predicted molar refractivity (Wildman–Crippen MR) is 69.0 cm³/mol. The molecule has 2 aromatic rings. The first-order chi connectivity index (χ1) is 7.97. The first-order valence-corrected chi connectivity index (χ1v) is 5.90. The van der Waals surface area contributed by atoms with Crippen molar-refractivity contribution in [1.29, 1.82) is 0 Å². The third-order valence-electron chi connectivity index (χ3n) is 2.45. The van der Waals surface area contributed by atoms with Crippen LogP contribution in [0.2, 0.25) is 0 Å². The molecule has 0 aromatic carbocycles. The van der Waals surface area contributed by atoms with Crippen molar-refractivity contribution in [2.45, 2.75) is 6.92 Å². The summed E-state index contributed by atoms with van der Waals surface area (Å²) in [4.78, 5) is 12.0. The van der Waals surface area contributed by atoms with Crippen LogP contribution in [-0.4, -0.2) is 20.3 Å². The molecule has 5 nitrogen and oxygen atoms in total. The van der Waals surface area contributed by atoms with Crippen LogP contribution in [0.1, 0.15) is 16.2 Å². The number of rotatable bonds is 2. The number of nitrogens with zero attached hydrogens (tertiary/aromatic N) is 3. The largest absolute Gasteiger partial charge is 0.345 e. The Morgan fingerprint density at radius 2 is 2.12 bits per heavy atom. The summed E-state index contributed by atoms with van der Waals surface area (Å²) in [6.45, 7) is 1.88. The molecular weight excluding hydrogens is 284 g/mol. The minimum absolute atomic E-state index is 0.152. The number of halogens is 1. The summed E-state index contributed by atoms with van der Waals surface area (Å²) < 4.78 is 4.29. The lowest BCUT2D eigenvalue weighted by atomic mass is 10.4. The first-order valence-electron chi connectivity index (χ1n) is 5.11. The number of aryl methyl sites for hydroxylation is 3. The highest BCUT2D eigenvalue weighted by atomic mass is 79.9. The lowest BCUT2D eigenvalue weighted by Gasteiger charge is -2.05. The van der Waals surface area contributed by atoms with Crippen LogP contribution >= 0.6 is 15.9 Å². The summed E-state index contributed by atoms with van der Waals surface area (Å²) in [6.07, 6.45) is 1.84. The average molecular weight is 297 g/mol. The summed E-state index contributed by atoms with van der Waals surface area (Å²) in [5.41, 5.74) is 1.46. The third-order valence-corrected chi connectivity index (χ3v) is 2.88. The van der Waals surface area contributed by atoms with Crippen molar-refractivity contribution in [2.24, 2.45) is 14.1 Å². The minimum Gasteiger partial charge on any atom is -0.345 e. The van der Waals surface area contributed by atoms with Crippen molar-refractivity contribution < 1.29 is 4.79 Å². The molecule has 0 aliphatic heterocycles. The zero-order chi connectivity index (χ0) is 12.6. The highest BCUT2D eigenvalue weighted by molar-refractivity contribution is 9.10. The zero-order valence-corrected chi connectivity index (χ0v) is 11.4. The molecular formula is C11H13BrN4O. The zero-order valence-electron chi connectivity index (χ0n) is 9.86. The lowest BCUT2D eigenvalue weighted by molar-refractivity contribution is 0.101. The predicted octanol–water partition coefficient (Wildman–Crippen LogP) is 2.08. The van der Waals surface area contributed by atoms with Crippen LogP contribution in [-0.2, 0) is 14.1 Å². The average Bonchev–Trinajstić information content (AvgIpc) is 2.70. The summed E-state index contributed by atoms with van der Waals surface area (Å²) in [5, 5.41) is 6.99. The first kappa shape index (κ1) is 11.9. The summed E-state index contributed by atoms with van der Waals surface area (Å²) in [5.74, 6) is 0.533. The van der Waals surface area contributed by atoms with Gasteiger partial charge in [0.25, 0.3) is 5.91 Å². The van der Waals surface area contributed by atoms with Gasteiger partial charge < -0.3 is 9.88 Å². The third kappa shape index (κ3) is 2.41. The van der Waals surface area contributed by atoms with Crippen molar-refractivity contribution in [3.05, 3.63) is 34.2 Å². The molecule has 0 aliphatic rings. The number of anilines is 1. The van der Waals surface area contributed by atoms with E-state index in [1.807, 2.05) is 26.2 Å². The Balaban J connectivity index is 2.22. The Morgan fingerprint density at radius 3 is 2.59 bits per heavy atom.